The molecule has 0 saturated carbocycles. The summed E-state index contributed by atoms with van der Waals surface area (Å²) >= 11 is 0. The van der Waals surface area contributed by atoms with Crippen molar-refractivity contribution >= 4 is 10.1 Å². The summed E-state index contributed by atoms with van der Waals surface area (Å²) in [5.41, 5.74) is 0.428. The number of aryl methyl sites for hydroxylation is 1. The zero-order valence-electron chi connectivity index (χ0n) is 15.7. The topological polar surface area (TPSA) is 84.9 Å². The first-order valence-corrected chi connectivity index (χ1v) is 9.63. The molecule has 1 aromatic carbocycles. The van der Waals surface area contributed by atoms with Crippen molar-refractivity contribution in [3.05, 3.63) is 17.7 Å². The van der Waals surface area contributed by atoms with Crippen LogP contribution in [-0.4, -0.2) is 40.4 Å². The summed E-state index contributed by atoms with van der Waals surface area (Å²) in [4.78, 5) is -0.247. The van der Waals surface area contributed by atoms with Crippen LogP contribution in [0.2, 0.25) is 0 Å². The van der Waals surface area contributed by atoms with Gasteiger partial charge in [0.1, 0.15) is 10.1 Å². The number of methoxy groups -OCH3 is 2. The van der Waals surface area contributed by atoms with Gasteiger partial charge in [0.2, 0.25) is 0 Å². The van der Waals surface area contributed by atoms with Gasteiger partial charge in [-0.25, -0.2) is 8.42 Å². The predicted octanol–water partition coefficient (Wildman–Crippen LogP) is 0.141. The fraction of sp³-hybridized carbons (Fsp3) is 0.647. The Kier molecular flexibility index (Phi) is 12.8. The molecule has 0 fully saturated rings. The van der Waals surface area contributed by atoms with Gasteiger partial charge in [0.15, 0.2) is 11.5 Å². The summed E-state index contributed by atoms with van der Waals surface area (Å²) in [7, 11) is -1.52. The van der Waals surface area contributed by atoms with E-state index in [9.17, 15) is 13.0 Å². The molecule has 0 unspecified atom stereocenters. The van der Waals surface area contributed by atoms with E-state index in [4.69, 9.17) is 14.2 Å². The van der Waals surface area contributed by atoms with Crippen LogP contribution >= 0.6 is 0 Å². The van der Waals surface area contributed by atoms with Gasteiger partial charge in [-0.15, -0.1) is 0 Å². The first-order valence-electron chi connectivity index (χ1n) is 8.22. The van der Waals surface area contributed by atoms with Crippen LogP contribution in [-0.2, 0) is 21.3 Å². The number of rotatable bonds is 12. The average molecular weight is 382 g/mol. The zero-order valence-corrected chi connectivity index (χ0v) is 18.5. The maximum Gasteiger partial charge on any atom is 1.00 e. The molecular weight excluding hydrogens is 355 g/mol. The van der Waals surface area contributed by atoms with Crippen molar-refractivity contribution in [3.8, 4) is 11.5 Å². The first-order chi connectivity index (χ1) is 11.4. The van der Waals surface area contributed by atoms with Crippen LogP contribution in [0.25, 0.3) is 0 Å². The SMILES string of the molecule is CCCCCCOc1cc(S(=O)(=O)[O-])c(CCCOC)cc1OC.[Na+]. The molecule has 0 spiro atoms. The molecule has 0 aromatic heterocycles. The van der Waals surface area contributed by atoms with Crippen LogP contribution < -0.4 is 39.0 Å². The minimum Gasteiger partial charge on any atom is -0.744 e. The number of hydrogen-bond acceptors (Lipinski definition) is 6. The van der Waals surface area contributed by atoms with E-state index < -0.39 is 10.1 Å². The van der Waals surface area contributed by atoms with Crippen molar-refractivity contribution in [3.63, 3.8) is 0 Å². The van der Waals surface area contributed by atoms with Crippen molar-refractivity contribution in [2.45, 2.75) is 50.3 Å². The third-order valence-corrected chi connectivity index (χ3v) is 4.58. The van der Waals surface area contributed by atoms with Gasteiger partial charge in [0.25, 0.3) is 0 Å². The second-order valence-corrected chi connectivity index (χ2v) is 6.92. The van der Waals surface area contributed by atoms with Crippen LogP contribution in [0.3, 0.4) is 0 Å². The van der Waals surface area contributed by atoms with Gasteiger partial charge in [-0.1, -0.05) is 26.2 Å². The van der Waals surface area contributed by atoms with Crippen molar-refractivity contribution in [1.82, 2.24) is 0 Å². The average Bonchev–Trinajstić information content (AvgIpc) is 2.54. The van der Waals surface area contributed by atoms with Gasteiger partial charge in [0, 0.05) is 19.8 Å². The summed E-state index contributed by atoms with van der Waals surface area (Å²) < 4.78 is 50.6. The van der Waals surface area contributed by atoms with E-state index in [-0.39, 0.29) is 34.5 Å². The zero-order chi connectivity index (χ0) is 18.0. The minimum atomic E-state index is -4.58. The molecule has 0 atom stereocenters. The van der Waals surface area contributed by atoms with E-state index in [1.165, 1.54) is 13.2 Å². The van der Waals surface area contributed by atoms with Crippen molar-refractivity contribution in [2.24, 2.45) is 0 Å². The molecule has 1 aromatic rings. The van der Waals surface area contributed by atoms with Crippen molar-refractivity contribution in [2.75, 3.05) is 27.4 Å². The van der Waals surface area contributed by atoms with Crippen molar-refractivity contribution < 1.29 is 56.7 Å². The molecule has 0 aliphatic carbocycles. The maximum atomic E-state index is 11.6. The van der Waals surface area contributed by atoms with Crippen LogP contribution in [0.15, 0.2) is 17.0 Å². The molecule has 1 rings (SSSR count). The summed E-state index contributed by atoms with van der Waals surface area (Å²) in [6, 6.07) is 2.85. The van der Waals surface area contributed by atoms with Gasteiger partial charge in [0.05, 0.1) is 18.6 Å². The fourth-order valence-corrected chi connectivity index (χ4v) is 3.14. The molecule has 0 bridgehead atoms. The van der Waals surface area contributed by atoms with Crippen molar-refractivity contribution in [1.29, 1.82) is 0 Å². The van der Waals surface area contributed by atoms with E-state index in [1.54, 1.807) is 13.2 Å². The maximum absolute atomic E-state index is 11.6. The monoisotopic (exact) mass is 382 g/mol. The summed E-state index contributed by atoms with van der Waals surface area (Å²) in [6.45, 7) is 3.06. The van der Waals surface area contributed by atoms with E-state index in [1.807, 2.05) is 0 Å². The number of benzene rings is 1. The fourth-order valence-electron chi connectivity index (χ4n) is 2.40. The van der Waals surface area contributed by atoms with Gasteiger partial charge in [-0.05, 0) is 30.9 Å². The Morgan fingerprint density at radius 1 is 1.00 bits per heavy atom. The smallest absolute Gasteiger partial charge is 0.744 e. The molecule has 0 saturated heterocycles. The summed E-state index contributed by atoms with van der Waals surface area (Å²) in [5.74, 6) is 0.726. The Morgan fingerprint density at radius 3 is 2.28 bits per heavy atom. The third-order valence-electron chi connectivity index (χ3n) is 3.67. The normalized spacial score (nSPS) is 11.0. The predicted molar refractivity (Wildman–Crippen MR) is 90.8 cm³/mol. The molecular formula is C17H27NaO6S. The standard InChI is InChI=1S/C17H28O6S.Na/c1-4-5-6-7-11-23-16-13-17(24(18,19)20)14(9-8-10-21-2)12-15(16)22-3;/h12-13H,4-11H2,1-3H3,(H,18,19,20);/q;+1/p-1. The van der Waals surface area contributed by atoms with Crippen LogP contribution in [0.1, 0.15) is 44.6 Å². The van der Waals surface area contributed by atoms with Crippen LogP contribution in [0, 0.1) is 0 Å². The Balaban J connectivity index is 0.00000576. The Hall–Kier alpha value is -0.310. The molecule has 6 nitrogen and oxygen atoms in total. The van der Waals surface area contributed by atoms with E-state index in [2.05, 4.69) is 6.92 Å². The quantitative estimate of drug-likeness (QED) is 0.290. The summed E-state index contributed by atoms with van der Waals surface area (Å²) in [6.07, 6.45) is 5.18. The second kappa shape index (κ2) is 12.9. The molecule has 0 radical (unpaired) electrons. The largest absolute Gasteiger partial charge is 1.00 e. The molecule has 0 aliphatic rings. The third kappa shape index (κ3) is 8.75. The minimum absolute atomic E-state index is 0. The number of hydrogen-bond donors (Lipinski definition) is 0. The van der Waals surface area contributed by atoms with Crippen LogP contribution in [0.5, 0.6) is 11.5 Å². The molecule has 138 valence electrons. The molecule has 8 heteroatoms. The number of ether oxygens (including phenoxy) is 3. The summed E-state index contributed by atoms with van der Waals surface area (Å²) in [5, 5.41) is 0. The molecule has 25 heavy (non-hydrogen) atoms. The second-order valence-electron chi connectivity index (χ2n) is 5.57. The van der Waals surface area contributed by atoms with E-state index in [0.29, 0.717) is 43.1 Å². The number of unbranched alkanes of at least 4 members (excludes halogenated alkanes) is 3. The first kappa shape index (κ1) is 24.7. The molecule has 0 N–H and O–H groups in total. The van der Waals surface area contributed by atoms with Gasteiger partial charge < -0.3 is 18.8 Å². The molecule has 0 aliphatic heterocycles. The van der Waals surface area contributed by atoms with Crippen LogP contribution in [0.4, 0.5) is 0 Å². The Morgan fingerprint density at radius 2 is 1.72 bits per heavy atom. The van der Waals surface area contributed by atoms with Gasteiger partial charge >= 0.3 is 29.6 Å². The Bertz CT molecular complexity index is 603. The molecule has 0 amide bonds. The van der Waals surface area contributed by atoms with Gasteiger partial charge in [-0.3, -0.25) is 0 Å². The van der Waals surface area contributed by atoms with E-state index in [0.717, 1.165) is 25.7 Å². The Labute approximate surface area is 173 Å². The molecule has 0 heterocycles. The van der Waals surface area contributed by atoms with E-state index >= 15 is 0 Å². The van der Waals surface area contributed by atoms with Gasteiger partial charge in [-0.2, -0.15) is 0 Å².